The molecule has 1 unspecified atom stereocenters. The van der Waals surface area contributed by atoms with E-state index in [-0.39, 0.29) is 12.5 Å². The molecule has 3 N–H and O–H groups in total. The summed E-state index contributed by atoms with van der Waals surface area (Å²) in [6.45, 7) is 0.878. The molecule has 0 amide bonds. The molecule has 108 valence electrons. The van der Waals surface area contributed by atoms with Crippen molar-refractivity contribution < 1.29 is 14.3 Å². The molecule has 1 atom stereocenters. The van der Waals surface area contributed by atoms with Crippen LogP contribution >= 0.6 is 0 Å². The van der Waals surface area contributed by atoms with E-state index in [2.05, 4.69) is 4.57 Å². The average molecular weight is 276 g/mol. The fourth-order valence-electron chi connectivity index (χ4n) is 2.27. The van der Waals surface area contributed by atoms with Gasteiger partial charge in [0.25, 0.3) is 0 Å². The first-order valence-electron chi connectivity index (χ1n) is 6.83. The summed E-state index contributed by atoms with van der Waals surface area (Å²) in [5.41, 5.74) is 6.80. The second-order valence-electron chi connectivity index (χ2n) is 4.92. The van der Waals surface area contributed by atoms with Crippen molar-refractivity contribution in [1.29, 1.82) is 0 Å². The summed E-state index contributed by atoms with van der Waals surface area (Å²) in [4.78, 5) is 10.5. The fourth-order valence-corrected chi connectivity index (χ4v) is 2.27. The van der Waals surface area contributed by atoms with Gasteiger partial charge in [-0.25, -0.2) is 0 Å². The maximum Gasteiger partial charge on any atom is 0.304 e. The first-order chi connectivity index (χ1) is 9.66. The quantitative estimate of drug-likeness (QED) is 0.726. The number of hydrogen-bond acceptors (Lipinski definition) is 3. The van der Waals surface area contributed by atoms with Crippen LogP contribution in [0.25, 0.3) is 11.5 Å². The molecule has 0 fully saturated rings. The standard InChI is InChI=1S/C15H20N2O3/c16-12(11-15(18)19)5-1-2-8-17-9-3-6-13(17)14-7-4-10-20-14/h3-4,6-7,9-10,12H,1-2,5,8,11,16H2,(H,18,19). The van der Waals surface area contributed by atoms with Gasteiger partial charge < -0.3 is 19.8 Å². The number of rotatable bonds is 8. The van der Waals surface area contributed by atoms with Gasteiger partial charge in [0.1, 0.15) is 5.76 Å². The molecule has 5 nitrogen and oxygen atoms in total. The van der Waals surface area contributed by atoms with Crippen LogP contribution in [0, 0.1) is 0 Å². The number of aliphatic carboxylic acids is 1. The van der Waals surface area contributed by atoms with Crippen LogP contribution in [0.4, 0.5) is 0 Å². The second-order valence-corrected chi connectivity index (χ2v) is 4.92. The Hall–Kier alpha value is -2.01. The molecule has 0 bridgehead atoms. The molecule has 0 saturated heterocycles. The van der Waals surface area contributed by atoms with Crippen LogP contribution in [0.1, 0.15) is 25.7 Å². The predicted octanol–water partition coefficient (Wildman–Crippen LogP) is 2.72. The minimum absolute atomic E-state index is 0.0428. The number of carbonyl (C=O) groups is 1. The molecule has 5 heteroatoms. The van der Waals surface area contributed by atoms with E-state index in [1.807, 2.05) is 30.5 Å². The molecular formula is C15H20N2O3. The zero-order valence-corrected chi connectivity index (χ0v) is 11.4. The van der Waals surface area contributed by atoms with Gasteiger partial charge in [0.15, 0.2) is 0 Å². The maximum absolute atomic E-state index is 10.5. The van der Waals surface area contributed by atoms with Crippen LogP contribution in [0.2, 0.25) is 0 Å². The molecule has 0 aliphatic rings. The monoisotopic (exact) mass is 276 g/mol. The van der Waals surface area contributed by atoms with Crippen molar-refractivity contribution in [3.8, 4) is 11.5 Å². The Bertz CT molecular complexity index is 531. The highest BCUT2D eigenvalue weighted by Gasteiger charge is 2.09. The van der Waals surface area contributed by atoms with E-state index in [4.69, 9.17) is 15.3 Å². The Morgan fingerprint density at radius 1 is 1.35 bits per heavy atom. The van der Waals surface area contributed by atoms with Gasteiger partial charge in [-0.2, -0.15) is 0 Å². The molecule has 0 aliphatic carbocycles. The summed E-state index contributed by atoms with van der Waals surface area (Å²) in [5.74, 6) is 0.0283. The highest BCUT2D eigenvalue weighted by Crippen LogP contribution is 2.21. The van der Waals surface area contributed by atoms with Crippen molar-refractivity contribution in [2.75, 3.05) is 0 Å². The lowest BCUT2D eigenvalue weighted by atomic mass is 10.1. The zero-order valence-electron chi connectivity index (χ0n) is 11.4. The molecule has 2 heterocycles. The minimum atomic E-state index is -0.831. The third-order valence-corrected chi connectivity index (χ3v) is 3.26. The summed E-state index contributed by atoms with van der Waals surface area (Å²) >= 11 is 0. The van der Waals surface area contributed by atoms with Crippen LogP contribution in [0.15, 0.2) is 41.1 Å². The number of furan rings is 1. The van der Waals surface area contributed by atoms with Gasteiger partial charge in [-0.05, 0) is 37.1 Å². The molecule has 0 aromatic carbocycles. The number of nitrogens with two attached hydrogens (primary N) is 1. The van der Waals surface area contributed by atoms with Crippen molar-refractivity contribution in [2.45, 2.75) is 38.3 Å². The van der Waals surface area contributed by atoms with E-state index in [1.165, 1.54) is 0 Å². The Morgan fingerprint density at radius 2 is 2.20 bits per heavy atom. The molecule has 2 aromatic rings. The molecule has 0 saturated carbocycles. The fraction of sp³-hybridized carbons (Fsp3) is 0.400. The molecule has 0 aliphatic heterocycles. The molecule has 2 aromatic heterocycles. The summed E-state index contributed by atoms with van der Waals surface area (Å²) in [7, 11) is 0. The van der Waals surface area contributed by atoms with E-state index in [0.717, 1.165) is 37.3 Å². The van der Waals surface area contributed by atoms with Gasteiger partial charge in [-0.3, -0.25) is 4.79 Å². The zero-order chi connectivity index (χ0) is 14.4. The van der Waals surface area contributed by atoms with Crippen LogP contribution in [0.5, 0.6) is 0 Å². The summed E-state index contributed by atoms with van der Waals surface area (Å²) in [5, 5.41) is 8.64. The van der Waals surface area contributed by atoms with Crippen molar-refractivity contribution >= 4 is 5.97 Å². The van der Waals surface area contributed by atoms with Crippen molar-refractivity contribution in [3.63, 3.8) is 0 Å². The van der Waals surface area contributed by atoms with E-state index < -0.39 is 5.97 Å². The summed E-state index contributed by atoms with van der Waals surface area (Å²) in [6.07, 6.45) is 6.36. The maximum atomic E-state index is 10.5. The van der Waals surface area contributed by atoms with Crippen molar-refractivity contribution in [2.24, 2.45) is 5.73 Å². The number of carboxylic acid groups (broad SMARTS) is 1. The smallest absolute Gasteiger partial charge is 0.304 e. The third kappa shape index (κ3) is 3.99. The van der Waals surface area contributed by atoms with Gasteiger partial charge >= 0.3 is 5.97 Å². The molecule has 0 spiro atoms. The Morgan fingerprint density at radius 3 is 2.90 bits per heavy atom. The number of carboxylic acids is 1. The number of hydrogen-bond donors (Lipinski definition) is 2. The van der Waals surface area contributed by atoms with Crippen molar-refractivity contribution in [1.82, 2.24) is 4.57 Å². The predicted molar refractivity (Wildman–Crippen MR) is 76.2 cm³/mol. The highest BCUT2D eigenvalue weighted by molar-refractivity contribution is 5.67. The van der Waals surface area contributed by atoms with Gasteiger partial charge in [0, 0.05) is 18.8 Å². The SMILES string of the molecule is NC(CCCCn1cccc1-c1ccco1)CC(=O)O. The highest BCUT2D eigenvalue weighted by atomic mass is 16.4. The summed E-state index contributed by atoms with van der Waals surface area (Å²) in [6, 6.07) is 7.58. The van der Waals surface area contributed by atoms with Gasteiger partial charge in [-0.1, -0.05) is 6.42 Å². The molecule has 0 radical (unpaired) electrons. The first-order valence-corrected chi connectivity index (χ1v) is 6.83. The topological polar surface area (TPSA) is 81.4 Å². The average Bonchev–Trinajstić information content (AvgIpc) is 3.04. The van der Waals surface area contributed by atoms with Gasteiger partial charge in [-0.15, -0.1) is 0 Å². The minimum Gasteiger partial charge on any atom is -0.481 e. The van der Waals surface area contributed by atoms with Crippen LogP contribution < -0.4 is 5.73 Å². The molecular weight excluding hydrogens is 256 g/mol. The van der Waals surface area contributed by atoms with E-state index in [1.54, 1.807) is 6.26 Å². The van der Waals surface area contributed by atoms with Crippen LogP contribution in [-0.2, 0) is 11.3 Å². The number of nitrogens with zero attached hydrogens (tertiary/aromatic N) is 1. The Labute approximate surface area is 118 Å². The van der Waals surface area contributed by atoms with Gasteiger partial charge in [0.2, 0.25) is 0 Å². The second kappa shape index (κ2) is 6.96. The Kier molecular flexibility index (Phi) is 5.01. The lowest BCUT2D eigenvalue weighted by Gasteiger charge is -2.10. The lowest BCUT2D eigenvalue weighted by Crippen LogP contribution is -2.23. The van der Waals surface area contributed by atoms with E-state index in [0.29, 0.717) is 0 Å². The Balaban J connectivity index is 1.78. The number of unbranched alkanes of at least 4 members (excludes halogenated alkanes) is 1. The first kappa shape index (κ1) is 14.4. The number of aromatic nitrogens is 1. The lowest BCUT2D eigenvalue weighted by molar-refractivity contribution is -0.137. The van der Waals surface area contributed by atoms with Gasteiger partial charge in [0.05, 0.1) is 18.4 Å². The molecule has 20 heavy (non-hydrogen) atoms. The van der Waals surface area contributed by atoms with Crippen LogP contribution in [0.3, 0.4) is 0 Å². The third-order valence-electron chi connectivity index (χ3n) is 3.26. The largest absolute Gasteiger partial charge is 0.481 e. The van der Waals surface area contributed by atoms with E-state index >= 15 is 0 Å². The normalized spacial score (nSPS) is 12.4. The number of aryl methyl sites for hydroxylation is 1. The molecule has 2 rings (SSSR count). The summed E-state index contributed by atoms with van der Waals surface area (Å²) < 4.78 is 7.54. The van der Waals surface area contributed by atoms with Crippen molar-refractivity contribution in [3.05, 3.63) is 36.7 Å². The van der Waals surface area contributed by atoms with E-state index in [9.17, 15) is 4.79 Å². The van der Waals surface area contributed by atoms with Crippen LogP contribution in [-0.4, -0.2) is 21.7 Å².